The van der Waals surface area contributed by atoms with E-state index < -0.39 is 17.2 Å². The molecular formula is C15H13NO5. The fourth-order valence-corrected chi connectivity index (χ4v) is 1.79. The van der Waals surface area contributed by atoms with E-state index in [1.165, 1.54) is 13.0 Å². The van der Waals surface area contributed by atoms with E-state index in [4.69, 9.17) is 9.52 Å². The first-order chi connectivity index (χ1) is 9.97. The zero-order valence-corrected chi connectivity index (χ0v) is 11.3. The summed E-state index contributed by atoms with van der Waals surface area (Å²) >= 11 is 0. The number of carbonyl (C=O) groups is 2. The average Bonchev–Trinajstić information content (AvgIpc) is 2.42. The Labute approximate surface area is 119 Å². The van der Waals surface area contributed by atoms with Gasteiger partial charge in [0.15, 0.2) is 0 Å². The van der Waals surface area contributed by atoms with Crippen molar-refractivity contribution in [3.05, 3.63) is 51.9 Å². The summed E-state index contributed by atoms with van der Waals surface area (Å²) in [5, 5.41) is 12.0. The van der Waals surface area contributed by atoms with Crippen LogP contribution in [-0.2, 0) is 4.79 Å². The third-order valence-corrected chi connectivity index (χ3v) is 2.77. The lowest BCUT2D eigenvalue weighted by atomic mass is 10.1. The monoisotopic (exact) mass is 287 g/mol. The molecule has 1 amide bonds. The molecular weight excluding hydrogens is 274 g/mol. The van der Waals surface area contributed by atoms with Gasteiger partial charge in [-0.1, -0.05) is 18.2 Å². The second-order valence-corrected chi connectivity index (χ2v) is 4.39. The second-order valence-electron chi connectivity index (χ2n) is 4.39. The van der Waals surface area contributed by atoms with Crippen molar-refractivity contribution in [2.45, 2.75) is 6.92 Å². The van der Waals surface area contributed by atoms with Crippen LogP contribution >= 0.6 is 0 Å². The summed E-state index contributed by atoms with van der Waals surface area (Å²) in [6.07, 6.45) is 3.54. The molecule has 0 atom stereocenters. The number of hydrogen-bond donors (Lipinski definition) is 2. The molecule has 0 aliphatic rings. The molecule has 0 aliphatic carbocycles. The summed E-state index contributed by atoms with van der Waals surface area (Å²) < 4.78 is 4.95. The fourth-order valence-electron chi connectivity index (χ4n) is 1.79. The first-order valence-electron chi connectivity index (χ1n) is 6.19. The molecule has 2 N–H and O–H groups in total. The molecule has 0 aliphatic heterocycles. The summed E-state index contributed by atoms with van der Waals surface area (Å²) in [5.74, 6) is -1.44. The Balaban J connectivity index is 2.32. The number of carboxylic acid groups (broad SMARTS) is 1. The quantitative estimate of drug-likeness (QED) is 0.833. The Morgan fingerprint density at radius 1 is 1.33 bits per heavy atom. The summed E-state index contributed by atoms with van der Waals surface area (Å²) in [5.41, 5.74) is -0.145. The fraction of sp³-hybridized carbons (Fsp3) is 0.133. The van der Waals surface area contributed by atoms with Gasteiger partial charge in [0.05, 0.1) is 0 Å². The van der Waals surface area contributed by atoms with Crippen LogP contribution in [0.4, 0.5) is 0 Å². The van der Waals surface area contributed by atoms with Gasteiger partial charge in [-0.05, 0) is 23.8 Å². The van der Waals surface area contributed by atoms with Crippen molar-refractivity contribution < 1.29 is 19.1 Å². The predicted molar refractivity (Wildman–Crippen MR) is 77.2 cm³/mol. The van der Waals surface area contributed by atoms with Crippen molar-refractivity contribution in [1.29, 1.82) is 0 Å². The Hall–Kier alpha value is -2.89. The molecule has 0 saturated carbocycles. The maximum absolute atomic E-state index is 11.4. The van der Waals surface area contributed by atoms with E-state index in [-0.39, 0.29) is 5.91 Å². The molecule has 0 radical (unpaired) electrons. The third kappa shape index (κ3) is 3.56. The zero-order chi connectivity index (χ0) is 15.4. The molecule has 6 heteroatoms. The van der Waals surface area contributed by atoms with Crippen molar-refractivity contribution in [1.82, 2.24) is 5.32 Å². The van der Waals surface area contributed by atoms with Crippen LogP contribution in [0, 0.1) is 0 Å². The molecule has 1 aromatic carbocycles. The van der Waals surface area contributed by atoms with Crippen molar-refractivity contribution in [3.8, 4) is 0 Å². The number of carboxylic acids is 1. The van der Waals surface area contributed by atoms with Crippen molar-refractivity contribution >= 4 is 28.9 Å². The van der Waals surface area contributed by atoms with Gasteiger partial charge in [-0.2, -0.15) is 0 Å². The number of nitrogens with one attached hydrogen (secondary N) is 1. The average molecular weight is 287 g/mol. The van der Waals surface area contributed by atoms with Gasteiger partial charge in [0.2, 0.25) is 5.91 Å². The molecule has 0 unspecified atom stereocenters. The molecule has 6 nitrogen and oxygen atoms in total. The van der Waals surface area contributed by atoms with E-state index in [0.717, 1.165) is 5.56 Å². The van der Waals surface area contributed by atoms with Gasteiger partial charge in [-0.3, -0.25) is 4.79 Å². The van der Waals surface area contributed by atoms with Crippen LogP contribution in [-0.4, -0.2) is 23.5 Å². The Kier molecular flexibility index (Phi) is 4.18. The highest BCUT2D eigenvalue weighted by molar-refractivity contribution is 5.92. The zero-order valence-electron chi connectivity index (χ0n) is 11.3. The molecule has 0 spiro atoms. The largest absolute Gasteiger partial charge is 0.477 e. The van der Waals surface area contributed by atoms with Crippen LogP contribution in [0.25, 0.3) is 17.0 Å². The third-order valence-electron chi connectivity index (χ3n) is 2.77. The van der Waals surface area contributed by atoms with E-state index in [0.29, 0.717) is 17.5 Å². The first kappa shape index (κ1) is 14.5. The lowest BCUT2D eigenvalue weighted by molar-refractivity contribution is -0.118. The maximum atomic E-state index is 11.4. The molecule has 21 heavy (non-hydrogen) atoms. The molecule has 0 saturated heterocycles. The van der Waals surface area contributed by atoms with Crippen LogP contribution in [0.5, 0.6) is 0 Å². The SMILES string of the molecule is CC(=O)NCC=Cc1ccc2oc(=O)c(C(=O)O)cc2c1. The van der Waals surface area contributed by atoms with Gasteiger partial charge in [-0.15, -0.1) is 0 Å². The molecule has 1 aromatic heterocycles. The Morgan fingerprint density at radius 2 is 2.10 bits per heavy atom. The number of hydrogen-bond acceptors (Lipinski definition) is 4. The van der Waals surface area contributed by atoms with Gasteiger partial charge in [0.1, 0.15) is 11.1 Å². The summed E-state index contributed by atoms with van der Waals surface area (Å²) in [7, 11) is 0. The van der Waals surface area contributed by atoms with E-state index >= 15 is 0 Å². The van der Waals surface area contributed by atoms with Crippen LogP contribution in [0.15, 0.2) is 39.6 Å². The molecule has 1 heterocycles. The lowest BCUT2D eigenvalue weighted by Gasteiger charge is -2.00. The first-order valence-corrected chi connectivity index (χ1v) is 6.19. The second kappa shape index (κ2) is 6.04. The van der Waals surface area contributed by atoms with Crippen LogP contribution in [0.1, 0.15) is 22.8 Å². The topological polar surface area (TPSA) is 96.6 Å². The van der Waals surface area contributed by atoms with Crippen molar-refractivity contribution in [3.63, 3.8) is 0 Å². The summed E-state index contributed by atoms with van der Waals surface area (Å²) in [6, 6.07) is 6.32. The number of rotatable bonds is 4. The van der Waals surface area contributed by atoms with Crippen LogP contribution in [0.3, 0.4) is 0 Å². The van der Waals surface area contributed by atoms with E-state index in [2.05, 4.69) is 5.32 Å². The normalized spacial score (nSPS) is 10.9. The van der Waals surface area contributed by atoms with Crippen LogP contribution < -0.4 is 10.9 Å². The molecule has 2 rings (SSSR count). The number of amides is 1. The smallest absolute Gasteiger partial charge is 0.351 e. The Morgan fingerprint density at radius 3 is 2.76 bits per heavy atom. The highest BCUT2D eigenvalue weighted by Gasteiger charge is 2.11. The highest BCUT2D eigenvalue weighted by Crippen LogP contribution is 2.16. The number of benzene rings is 1. The van der Waals surface area contributed by atoms with Crippen LogP contribution in [0.2, 0.25) is 0 Å². The summed E-state index contributed by atoms with van der Waals surface area (Å²) in [4.78, 5) is 33.1. The van der Waals surface area contributed by atoms with Gasteiger partial charge in [0, 0.05) is 18.9 Å². The Bertz CT molecular complexity index is 788. The number of carbonyl (C=O) groups excluding carboxylic acids is 1. The van der Waals surface area contributed by atoms with E-state index in [9.17, 15) is 14.4 Å². The highest BCUT2D eigenvalue weighted by atomic mass is 16.4. The van der Waals surface area contributed by atoms with E-state index in [1.807, 2.05) is 0 Å². The summed E-state index contributed by atoms with van der Waals surface area (Å²) in [6.45, 7) is 1.83. The number of aromatic carboxylic acids is 1. The lowest BCUT2D eigenvalue weighted by Crippen LogP contribution is -2.19. The van der Waals surface area contributed by atoms with Gasteiger partial charge in [-0.25, -0.2) is 9.59 Å². The molecule has 0 bridgehead atoms. The van der Waals surface area contributed by atoms with Gasteiger partial charge >= 0.3 is 11.6 Å². The van der Waals surface area contributed by atoms with Crippen molar-refractivity contribution in [2.24, 2.45) is 0 Å². The van der Waals surface area contributed by atoms with Crippen molar-refractivity contribution in [2.75, 3.05) is 6.54 Å². The number of fused-ring (bicyclic) bond motifs is 1. The molecule has 108 valence electrons. The van der Waals surface area contributed by atoms with Gasteiger partial charge < -0.3 is 14.8 Å². The standard InChI is InChI=1S/C15H13NO5/c1-9(17)16-6-2-3-10-4-5-13-11(7-10)8-12(14(18)19)15(20)21-13/h2-5,7-8H,6H2,1H3,(H,16,17)(H,18,19). The predicted octanol–water partition coefficient (Wildman–Crippen LogP) is 1.64. The maximum Gasteiger partial charge on any atom is 0.351 e. The minimum Gasteiger partial charge on any atom is -0.477 e. The molecule has 2 aromatic rings. The minimum atomic E-state index is -1.32. The van der Waals surface area contributed by atoms with E-state index in [1.54, 1.807) is 30.4 Å². The van der Waals surface area contributed by atoms with Gasteiger partial charge in [0.25, 0.3) is 0 Å². The minimum absolute atomic E-state index is 0.119. The molecule has 0 fully saturated rings.